The van der Waals surface area contributed by atoms with Gasteiger partial charge in [0.2, 0.25) is 5.91 Å². The van der Waals surface area contributed by atoms with Crippen molar-refractivity contribution < 1.29 is 26.4 Å². The number of fused-ring (bicyclic) bond motifs is 3. The van der Waals surface area contributed by atoms with Crippen molar-refractivity contribution in [2.45, 2.75) is 31.1 Å². The molecule has 0 atom stereocenters. The fraction of sp³-hybridized carbons (Fsp3) is 0.417. The fourth-order valence-corrected chi connectivity index (χ4v) is 6.11. The first-order chi connectivity index (χ1) is 16.9. The number of imidazole rings is 1. The quantitative estimate of drug-likeness (QED) is 0.456. The van der Waals surface area contributed by atoms with Gasteiger partial charge in [0.1, 0.15) is 21.1 Å². The number of likely N-dealkylation sites (tertiary alicyclic amines) is 1. The number of carbonyl (C=O) groups is 1. The zero-order valence-corrected chi connectivity index (χ0v) is 21.0. The number of carbonyl (C=O) groups excluding carboxylic acids is 1. The summed E-state index contributed by atoms with van der Waals surface area (Å²) in [7, 11) is -3.15. The number of amides is 1. The van der Waals surface area contributed by atoms with Crippen LogP contribution in [0.3, 0.4) is 0 Å². The molecule has 1 fully saturated rings. The zero-order valence-electron chi connectivity index (χ0n) is 19.4. The van der Waals surface area contributed by atoms with E-state index in [1.165, 1.54) is 11.2 Å². The molecule has 192 valence electrons. The van der Waals surface area contributed by atoms with Crippen molar-refractivity contribution in [2.24, 2.45) is 0 Å². The smallest absolute Gasteiger partial charge is 0.326 e. The van der Waals surface area contributed by atoms with Gasteiger partial charge in [-0.2, -0.15) is 13.2 Å². The molecule has 0 N–H and O–H groups in total. The van der Waals surface area contributed by atoms with E-state index in [1.54, 1.807) is 47.4 Å². The Labute approximate surface area is 211 Å². The summed E-state index contributed by atoms with van der Waals surface area (Å²) in [6, 6.07) is 12.4. The first-order valence-electron chi connectivity index (χ1n) is 11.4. The molecule has 0 unspecified atom stereocenters. The molecule has 3 heterocycles. The minimum absolute atomic E-state index is 0.000754. The number of rotatable bonds is 7. The Morgan fingerprint density at radius 2 is 1.86 bits per heavy atom. The van der Waals surface area contributed by atoms with Gasteiger partial charge in [0.15, 0.2) is 0 Å². The number of para-hydroxylation sites is 1. The molecule has 1 amide bonds. The molecule has 1 spiro atoms. The van der Waals surface area contributed by atoms with Gasteiger partial charge in [0.25, 0.3) is 0 Å². The Hall–Kier alpha value is -2.63. The number of anilines is 1. The van der Waals surface area contributed by atoms with Gasteiger partial charge in [-0.25, -0.2) is 13.4 Å². The molecular weight excluding hydrogens is 517 g/mol. The van der Waals surface area contributed by atoms with Crippen molar-refractivity contribution in [1.29, 1.82) is 0 Å². The van der Waals surface area contributed by atoms with Crippen LogP contribution in [0.1, 0.15) is 17.8 Å². The predicted molar refractivity (Wildman–Crippen MR) is 131 cm³/mol. The first kappa shape index (κ1) is 25.0. The number of sulfone groups is 1. The minimum Gasteiger partial charge on any atom is -0.326 e. The van der Waals surface area contributed by atoms with E-state index in [0.717, 1.165) is 11.1 Å². The van der Waals surface area contributed by atoms with Crippen LogP contribution >= 0.6 is 11.6 Å². The SMILES string of the molecule is CS(=O)(=O)CCCn1c(CN2C(=O)C3(CN(CC(F)(F)F)C3)c3ccccc32)nc2cc(Cl)ccc21. The van der Waals surface area contributed by atoms with Crippen LogP contribution < -0.4 is 4.90 Å². The maximum absolute atomic E-state index is 13.7. The highest BCUT2D eigenvalue weighted by molar-refractivity contribution is 7.90. The van der Waals surface area contributed by atoms with Crippen LogP contribution in [0.5, 0.6) is 0 Å². The molecule has 2 aliphatic heterocycles. The lowest BCUT2D eigenvalue weighted by molar-refractivity contribution is -0.165. The number of alkyl halides is 3. The molecular formula is C24H24ClF3N4O3S. The highest BCUT2D eigenvalue weighted by Gasteiger charge is 2.59. The van der Waals surface area contributed by atoms with Crippen LogP contribution in [0.15, 0.2) is 42.5 Å². The highest BCUT2D eigenvalue weighted by Crippen LogP contribution is 2.48. The first-order valence-corrected chi connectivity index (χ1v) is 13.8. The fourth-order valence-electron chi connectivity index (χ4n) is 5.29. The minimum atomic E-state index is -4.33. The largest absolute Gasteiger partial charge is 0.401 e. The second kappa shape index (κ2) is 8.74. The van der Waals surface area contributed by atoms with Crippen molar-refractivity contribution in [1.82, 2.24) is 14.5 Å². The summed E-state index contributed by atoms with van der Waals surface area (Å²) in [5, 5.41) is 0.496. The van der Waals surface area contributed by atoms with Crippen LogP contribution in [0.4, 0.5) is 18.9 Å². The third-order valence-electron chi connectivity index (χ3n) is 6.74. The van der Waals surface area contributed by atoms with Gasteiger partial charge in [-0.15, -0.1) is 0 Å². The van der Waals surface area contributed by atoms with Gasteiger partial charge in [0.05, 0.1) is 29.9 Å². The molecule has 5 rings (SSSR count). The van der Waals surface area contributed by atoms with Gasteiger partial charge in [0, 0.05) is 36.6 Å². The van der Waals surface area contributed by atoms with Gasteiger partial charge < -0.3 is 9.47 Å². The number of halogens is 4. The van der Waals surface area contributed by atoms with Crippen LogP contribution in [0, 0.1) is 0 Å². The zero-order chi connectivity index (χ0) is 25.9. The second-order valence-electron chi connectivity index (χ2n) is 9.55. The Morgan fingerprint density at radius 3 is 2.56 bits per heavy atom. The number of nitrogens with zero attached hydrogens (tertiary/aromatic N) is 4. The van der Waals surface area contributed by atoms with E-state index in [1.807, 2.05) is 4.57 Å². The number of aryl methyl sites for hydroxylation is 1. The molecule has 12 heteroatoms. The van der Waals surface area contributed by atoms with Crippen LogP contribution in [0.2, 0.25) is 5.02 Å². The standard InChI is InChI=1S/C24H24ClF3N4O3S/c1-36(34,35)10-4-9-31-20-8-7-16(25)11-18(20)29-21(31)12-32-19-6-3-2-5-17(19)23(22(32)33)13-30(14-23)15-24(26,27)28/h2-3,5-8,11H,4,9-10,12-15H2,1H3. The van der Waals surface area contributed by atoms with Crippen molar-refractivity contribution in [3.8, 4) is 0 Å². The van der Waals surface area contributed by atoms with E-state index in [0.29, 0.717) is 35.0 Å². The lowest BCUT2D eigenvalue weighted by Gasteiger charge is -2.47. The predicted octanol–water partition coefficient (Wildman–Crippen LogP) is 3.79. The van der Waals surface area contributed by atoms with Crippen molar-refractivity contribution in [3.05, 3.63) is 58.9 Å². The molecule has 3 aromatic rings. The molecule has 2 aromatic carbocycles. The highest BCUT2D eigenvalue weighted by atomic mass is 35.5. The Morgan fingerprint density at radius 1 is 1.14 bits per heavy atom. The molecule has 2 aliphatic rings. The van der Waals surface area contributed by atoms with E-state index < -0.39 is 28.0 Å². The summed E-state index contributed by atoms with van der Waals surface area (Å²) in [6.07, 6.45) is -2.79. The summed E-state index contributed by atoms with van der Waals surface area (Å²) in [5.41, 5.74) is 1.74. The van der Waals surface area contributed by atoms with Crippen LogP contribution in [-0.4, -0.2) is 66.6 Å². The molecule has 0 aliphatic carbocycles. The van der Waals surface area contributed by atoms with E-state index in [2.05, 4.69) is 0 Å². The monoisotopic (exact) mass is 540 g/mol. The van der Waals surface area contributed by atoms with Gasteiger partial charge >= 0.3 is 6.18 Å². The number of benzene rings is 2. The van der Waals surface area contributed by atoms with Crippen LogP contribution in [0.25, 0.3) is 11.0 Å². The molecule has 1 saturated heterocycles. The lowest BCUT2D eigenvalue weighted by atomic mass is 9.74. The number of hydrogen-bond donors (Lipinski definition) is 0. The second-order valence-corrected chi connectivity index (χ2v) is 12.2. The van der Waals surface area contributed by atoms with Gasteiger partial charge in [-0.05, 0) is 36.2 Å². The van der Waals surface area contributed by atoms with Crippen molar-refractivity contribution >= 4 is 44.1 Å². The summed E-state index contributed by atoms with van der Waals surface area (Å²) in [6.45, 7) is -0.587. The maximum atomic E-state index is 13.7. The third kappa shape index (κ3) is 4.59. The number of hydrogen-bond acceptors (Lipinski definition) is 5. The summed E-state index contributed by atoms with van der Waals surface area (Å²) in [4.78, 5) is 21.2. The molecule has 0 saturated carbocycles. The summed E-state index contributed by atoms with van der Waals surface area (Å²) >= 11 is 6.15. The molecule has 0 radical (unpaired) electrons. The number of aromatic nitrogens is 2. The summed E-state index contributed by atoms with van der Waals surface area (Å²) in [5.74, 6) is 0.297. The van der Waals surface area contributed by atoms with Gasteiger partial charge in [-0.3, -0.25) is 9.69 Å². The molecule has 1 aromatic heterocycles. The molecule has 7 nitrogen and oxygen atoms in total. The van der Waals surface area contributed by atoms with Crippen molar-refractivity contribution in [2.75, 3.05) is 36.5 Å². The Kier molecular flexibility index (Phi) is 6.08. The molecule has 0 bridgehead atoms. The van der Waals surface area contributed by atoms with Gasteiger partial charge in [-0.1, -0.05) is 29.8 Å². The third-order valence-corrected chi connectivity index (χ3v) is 8.01. The topological polar surface area (TPSA) is 75.5 Å². The normalized spacial score (nSPS) is 17.7. The van der Waals surface area contributed by atoms with E-state index in [-0.39, 0.29) is 31.3 Å². The average molecular weight is 541 g/mol. The Balaban J connectivity index is 1.47. The van der Waals surface area contributed by atoms with E-state index in [9.17, 15) is 26.4 Å². The van der Waals surface area contributed by atoms with Crippen molar-refractivity contribution in [3.63, 3.8) is 0 Å². The average Bonchev–Trinajstić information content (AvgIpc) is 3.20. The van der Waals surface area contributed by atoms with E-state index in [4.69, 9.17) is 16.6 Å². The van der Waals surface area contributed by atoms with Crippen LogP contribution in [-0.2, 0) is 33.1 Å². The maximum Gasteiger partial charge on any atom is 0.401 e. The lowest BCUT2D eigenvalue weighted by Crippen LogP contribution is -2.65. The molecule has 36 heavy (non-hydrogen) atoms. The van der Waals surface area contributed by atoms with E-state index >= 15 is 0 Å². The summed E-state index contributed by atoms with van der Waals surface area (Å²) < 4.78 is 64.0. The Bertz CT molecular complexity index is 1450.